The molecule has 1 unspecified atom stereocenters. The van der Waals surface area contributed by atoms with Gasteiger partial charge in [0.1, 0.15) is 0 Å². The number of ether oxygens (including phenoxy) is 1. The van der Waals surface area contributed by atoms with Crippen LogP contribution in [0.1, 0.15) is 19.3 Å². The Morgan fingerprint density at radius 1 is 1.04 bits per heavy atom. The van der Waals surface area contributed by atoms with Crippen molar-refractivity contribution in [2.75, 3.05) is 51.3 Å². The fraction of sp³-hybridized carbons (Fsp3) is 0.579. The van der Waals surface area contributed by atoms with Crippen LogP contribution in [0.5, 0.6) is 0 Å². The quantitative estimate of drug-likeness (QED) is 0.809. The van der Waals surface area contributed by atoms with Crippen LogP contribution < -0.4 is 4.90 Å². The molecule has 0 spiro atoms. The highest BCUT2D eigenvalue weighted by molar-refractivity contribution is 5.95. The van der Waals surface area contributed by atoms with Crippen molar-refractivity contribution in [3.63, 3.8) is 0 Å². The van der Waals surface area contributed by atoms with E-state index in [9.17, 15) is 9.59 Å². The highest BCUT2D eigenvalue weighted by Crippen LogP contribution is 2.22. The van der Waals surface area contributed by atoms with E-state index in [1.54, 1.807) is 7.11 Å². The molecule has 0 N–H and O–H groups in total. The molecule has 1 aromatic carbocycles. The van der Waals surface area contributed by atoms with Crippen molar-refractivity contribution in [1.82, 2.24) is 9.80 Å². The zero-order valence-corrected chi connectivity index (χ0v) is 14.9. The van der Waals surface area contributed by atoms with Gasteiger partial charge < -0.3 is 14.5 Å². The average molecular weight is 345 g/mol. The molecule has 2 amide bonds. The summed E-state index contributed by atoms with van der Waals surface area (Å²) in [5, 5.41) is 0. The van der Waals surface area contributed by atoms with Crippen LogP contribution in [0.15, 0.2) is 30.3 Å². The van der Waals surface area contributed by atoms with E-state index in [-0.39, 0.29) is 11.8 Å². The maximum atomic E-state index is 12.6. The SMILES string of the molecule is COCCN1CCC(N2CCN(c3ccccc3)C(=O)C2)CCC1=O. The molecule has 25 heavy (non-hydrogen) atoms. The van der Waals surface area contributed by atoms with Gasteiger partial charge in [0.05, 0.1) is 13.2 Å². The van der Waals surface area contributed by atoms with Crippen molar-refractivity contribution in [3.05, 3.63) is 30.3 Å². The molecule has 6 heteroatoms. The van der Waals surface area contributed by atoms with Gasteiger partial charge in [-0.1, -0.05) is 18.2 Å². The number of anilines is 1. The number of benzene rings is 1. The van der Waals surface area contributed by atoms with E-state index in [2.05, 4.69) is 4.90 Å². The molecule has 0 aliphatic carbocycles. The van der Waals surface area contributed by atoms with Crippen molar-refractivity contribution in [3.8, 4) is 0 Å². The number of piperazine rings is 1. The second kappa shape index (κ2) is 8.45. The molecule has 3 rings (SSSR count). The van der Waals surface area contributed by atoms with E-state index in [1.165, 1.54) is 0 Å². The number of hydrogen-bond donors (Lipinski definition) is 0. The van der Waals surface area contributed by atoms with Crippen LogP contribution >= 0.6 is 0 Å². The largest absolute Gasteiger partial charge is 0.383 e. The first-order valence-corrected chi connectivity index (χ1v) is 9.05. The van der Waals surface area contributed by atoms with E-state index < -0.39 is 0 Å². The standard InChI is InChI=1S/C19H27N3O3/c1-25-14-13-20-10-9-16(7-8-18(20)23)21-11-12-22(19(24)15-21)17-5-3-2-4-6-17/h2-6,16H,7-15H2,1H3. The smallest absolute Gasteiger partial charge is 0.241 e. The molecule has 2 aliphatic heterocycles. The summed E-state index contributed by atoms with van der Waals surface area (Å²) in [5.74, 6) is 0.345. The predicted molar refractivity (Wildman–Crippen MR) is 96.5 cm³/mol. The molecule has 0 saturated carbocycles. The predicted octanol–water partition coefficient (Wildman–Crippen LogP) is 1.36. The molecule has 136 valence electrons. The number of amides is 2. The first-order chi connectivity index (χ1) is 12.2. The lowest BCUT2D eigenvalue weighted by Crippen LogP contribution is -2.53. The number of hydrogen-bond acceptors (Lipinski definition) is 4. The number of methoxy groups -OCH3 is 1. The normalized spacial score (nSPS) is 23.0. The van der Waals surface area contributed by atoms with Gasteiger partial charge >= 0.3 is 0 Å². The molecule has 0 aromatic heterocycles. The van der Waals surface area contributed by atoms with Crippen LogP contribution in [-0.4, -0.2) is 74.1 Å². The lowest BCUT2D eigenvalue weighted by Gasteiger charge is -2.38. The molecule has 1 aromatic rings. The zero-order valence-electron chi connectivity index (χ0n) is 14.9. The molecule has 2 heterocycles. The lowest BCUT2D eigenvalue weighted by molar-refractivity contribution is -0.131. The van der Waals surface area contributed by atoms with Gasteiger partial charge in [-0.3, -0.25) is 14.5 Å². The van der Waals surface area contributed by atoms with Crippen LogP contribution in [-0.2, 0) is 14.3 Å². The Labute approximate surface area is 149 Å². The number of rotatable bonds is 5. The topological polar surface area (TPSA) is 53.1 Å². The molecule has 2 saturated heterocycles. The Morgan fingerprint density at radius 2 is 1.84 bits per heavy atom. The van der Waals surface area contributed by atoms with E-state index in [0.29, 0.717) is 38.7 Å². The van der Waals surface area contributed by atoms with Gasteiger partial charge in [0, 0.05) is 51.4 Å². The number of carbonyl (C=O) groups is 2. The summed E-state index contributed by atoms with van der Waals surface area (Å²) in [5.41, 5.74) is 0.967. The summed E-state index contributed by atoms with van der Waals surface area (Å²) in [7, 11) is 1.66. The van der Waals surface area contributed by atoms with Crippen LogP contribution in [0.3, 0.4) is 0 Å². The van der Waals surface area contributed by atoms with Crippen molar-refractivity contribution >= 4 is 17.5 Å². The molecule has 2 fully saturated rings. The van der Waals surface area contributed by atoms with Crippen molar-refractivity contribution < 1.29 is 14.3 Å². The van der Waals surface area contributed by atoms with Crippen LogP contribution in [0.25, 0.3) is 0 Å². The van der Waals surface area contributed by atoms with E-state index >= 15 is 0 Å². The summed E-state index contributed by atoms with van der Waals surface area (Å²) < 4.78 is 5.09. The van der Waals surface area contributed by atoms with Gasteiger partial charge in [-0.15, -0.1) is 0 Å². The van der Waals surface area contributed by atoms with E-state index in [1.807, 2.05) is 40.1 Å². The third-order valence-corrected chi connectivity index (χ3v) is 5.18. The minimum absolute atomic E-state index is 0.143. The molecule has 0 bridgehead atoms. The van der Waals surface area contributed by atoms with Gasteiger partial charge in [-0.25, -0.2) is 0 Å². The minimum atomic E-state index is 0.143. The number of carbonyl (C=O) groups excluding carboxylic acids is 2. The Hall–Kier alpha value is -1.92. The Kier molecular flexibility index (Phi) is 6.04. The monoisotopic (exact) mass is 345 g/mol. The average Bonchev–Trinajstić information content (AvgIpc) is 2.82. The summed E-state index contributed by atoms with van der Waals surface area (Å²) in [6.07, 6.45) is 2.32. The molecule has 0 radical (unpaired) electrons. The third kappa shape index (κ3) is 4.38. The maximum Gasteiger partial charge on any atom is 0.241 e. The third-order valence-electron chi connectivity index (χ3n) is 5.18. The lowest BCUT2D eigenvalue weighted by atomic mass is 10.1. The van der Waals surface area contributed by atoms with Crippen molar-refractivity contribution in [2.24, 2.45) is 0 Å². The van der Waals surface area contributed by atoms with Crippen LogP contribution in [0, 0.1) is 0 Å². The first kappa shape index (κ1) is 17.9. The van der Waals surface area contributed by atoms with E-state index in [0.717, 1.165) is 31.6 Å². The minimum Gasteiger partial charge on any atom is -0.383 e. The van der Waals surface area contributed by atoms with Gasteiger partial charge in [-0.2, -0.15) is 0 Å². The Bertz CT molecular complexity index is 593. The Balaban J connectivity index is 1.57. The van der Waals surface area contributed by atoms with Crippen LogP contribution in [0.4, 0.5) is 5.69 Å². The first-order valence-electron chi connectivity index (χ1n) is 9.05. The molecule has 2 aliphatic rings. The molecule has 1 atom stereocenters. The fourth-order valence-corrected chi connectivity index (χ4v) is 3.71. The highest BCUT2D eigenvalue weighted by atomic mass is 16.5. The molecular weight excluding hydrogens is 318 g/mol. The summed E-state index contributed by atoms with van der Waals surface area (Å²) in [6.45, 7) is 3.98. The summed E-state index contributed by atoms with van der Waals surface area (Å²) in [4.78, 5) is 30.8. The van der Waals surface area contributed by atoms with Gasteiger partial charge in [0.25, 0.3) is 0 Å². The zero-order chi connectivity index (χ0) is 17.6. The van der Waals surface area contributed by atoms with Crippen molar-refractivity contribution in [1.29, 1.82) is 0 Å². The van der Waals surface area contributed by atoms with Crippen LogP contribution in [0.2, 0.25) is 0 Å². The molecule has 6 nitrogen and oxygen atoms in total. The number of nitrogens with zero attached hydrogens (tertiary/aromatic N) is 3. The highest BCUT2D eigenvalue weighted by Gasteiger charge is 2.32. The number of para-hydroxylation sites is 1. The summed E-state index contributed by atoms with van der Waals surface area (Å²) >= 11 is 0. The van der Waals surface area contributed by atoms with Gasteiger partial charge in [-0.05, 0) is 25.0 Å². The fourth-order valence-electron chi connectivity index (χ4n) is 3.71. The summed E-state index contributed by atoms with van der Waals surface area (Å²) in [6, 6.07) is 10.1. The maximum absolute atomic E-state index is 12.6. The number of likely N-dealkylation sites (tertiary alicyclic amines) is 1. The van der Waals surface area contributed by atoms with Gasteiger partial charge in [0.2, 0.25) is 11.8 Å². The second-order valence-electron chi connectivity index (χ2n) is 6.71. The second-order valence-corrected chi connectivity index (χ2v) is 6.71. The Morgan fingerprint density at radius 3 is 2.56 bits per heavy atom. The van der Waals surface area contributed by atoms with E-state index in [4.69, 9.17) is 4.74 Å². The van der Waals surface area contributed by atoms with Crippen molar-refractivity contribution in [2.45, 2.75) is 25.3 Å². The molecular formula is C19H27N3O3. The van der Waals surface area contributed by atoms with Gasteiger partial charge in [0.15, 0.2) is 0 Å².